The number of rotatable bonds is 4. The molecule has 0 aliphatic carbocycles. The minimum absolute atomic E-state index is 0.0692. The van der Waals surface area contributed by atoms with Crippen molar-refractivity contribution in [2.24, 2.45) is 7.05 Å². The third-order valence-electron chi connectivity index (χ3n) is 6.37. The molecule has 1 unspecified atom stereocenters. The summed E-state index contributed by atoms with van der Waals surface area (Å²) < 4.78 is 3.75. The van der Waals surface area contributed by atoms with Crippen molar-refractivity contribution < 1.29 is 0 Å². The highest BCUT2D eigenvalue weighted by Crippen LogP contribution is 2.37. The minimum atomic E-state index is -0.546. The Morgan fingerprint density at radius 3 is 2.33 bits per heavy atom. The molecule has 0 bridgehead atoms. The third-order valence-corrected chi connectivity index (χ3v) is 6.86. The molecule has 0 saturated heterocycles. The zero-order chi connectivity index (χ0) is 23.2. The summed E-state index contributed by atoms with van der Waals surface area (Å²) in [5.41, 5.74) is 4.11. The van der Waals surface area contributed by atoms with E-state index in [9.17, 15) is 4.79 Å². The largest absolute Gasteiger partial charge is 0.323 e. The van der Waals surface area contributed by atoms with Gasteiger partial charge in [0.1, 0.15) is 0 Å². The third kappa shape index (κ3) is 3.65. The van der Waals surface area contributed by atoms with Gasteiger partial charge in [0.2, 0.25) is 0 Å². The first kappa shape index (κ1) is 21.5. The maximum atomic E-state index is 12.7. The van der Waals surface area contributed by atoms with Gasteiger partial charge in [-0.1, -0.05) is 53.5 Å². The molecule has 1 atom stereocenters. The Hall–Kier alpha value is -3.34. The van der Waals surface area contributed by atoms with Gasteiger partial charge in [-0.2, -0.15) is 0 Å². The molecule has 0 aliphatic heterocycles. The van der Waals surface area contributed by atoms with Crippen LogP contribution in [0, 0.1) is 0 Å². The fraction of sp³-hybridized carbons (Fsp3) is 0.111. The molecule has 0 aliphatic rings. The van der Waals surface area contributed by atoms with Gasteiger partial charge in [-0.3, -0.25) is 4.79 Å². The van der Waals surface area contributed by atoms with Crippen molar-refractivity contribution in [2.45, 2.75) is 12.5 Å². The van der Waals surface area contributed by atoms with E-state index < -0.39 is 5.54 Å². The van der Waals surface area contributed by atoms with Crippen LogP contribution in [-0.2, 0) is 12.6 Å². The molecule has 164 valence electrons. The summed E-state index contributed by atoms with van der Waals surface area (Å²) in [6.07, 6.45) is 5.55. The van der Waals surface area contributed by atoms with Crippen LogP contribution in [0.5, 0.6) is 0 Å². The van der Waals surface area contributed by atoms with E-state index >= 15 is 0 Å². The summed E-state index contributed by atoms with van der Waals surface area (Å²) in [7, 11) is 1.79. The zero-order valence-electron chi connectivity index (χ0n) is 18.2. The van der Waals surface area contributed by atoms with Crippen LogP contribution in [0.15, 0.2) is 96.3 Å². The van der Waals surface area contributed by atoms with E-state index in [0.717, 1.165) is 33.2 Å². The van der Waals surface area contributed by atoms with Crippen LogP contribution < -0.4 is 5.56 Å². The average molecular weight is 474 g/mol. The smallest absolute Gasteiger partial charge is 0.251 e. The number of aromatic nitrogens is 3. The lowest BCUT2D eigenvalue weighted by Crippen LogP contribution is -2.32. The summed E-state index contributed by atoms with van der Waals surface area (Å²) in [5.74, 6) is 0. The summed E-state index contributed by atoms with van der Waals surface area (Å²) in [6.45, 7) is 2.15. The van der Waals surface area contributed by atoms with Crippen molar-refractivity contribution in [3.05, 3.63) is 123 Å². The van der Waals surface area contributed by atoms with Gasteiger partial charge in [-0.25, -0.2) is 4.98 Å². The molecule has 0 saturated carbocycles. The van der Waals surface area contributed by atoms with Crippen LogP contribution in [-0.4, -0.2) is 14.1 Å². The van der Waals surface area contributed by atoms with Crippen LogP contribution >= 0.6 is 23.2 Å². The molecule has 4 nitrogen and oxygen atoms in total. The van der Waals surface area contributed by atoms with Gasteiger partial charge in [0.15, 0.2) is 0 Å². The van der Waals surface area contributed by atoms with Crippen molar-refractivity contribution >= 4 is 34.1 Å². The standard InChI is InChI=1S/C27H21Cl2N3O/c1-27(32-13-12-30-17-32,19-6-9-21(28)10-7-19)20-8-11-25-24(15-20)23(16-26(33)31(25)2)18-4-3-5-22(29)14-18/h3-17H,1-2H3. The molecule has 3 aromatic carbocycles. The van der Waals surface area contributed by atoms with Crippen molar-refractivity contribution in [3.8, 4) is 11.1 Å². The van der Waals surface area contributed by atoms with E-state index in [-0.39, 0.29) is 5.56 Å². The SMILES string of the molecule is Cn1c(=O)cc(-c2cccc(Cl)c2)c2cc(C(C)(c3ccc(Cl)cc3)n3ccnc3)ccc21. The number of imidazole rings is 1. The van der Waals surface area contributed by atoms with Gasteiger partial charge in [0.05, 0.1) is 17.4 Å². The van der Waals surface area contributed by atoms with Crippen LogP contribution in [0.3, 0.4) is 0 Å². The van der Waals surface area contributed by atoms with Crippen molar-refractivity contribution in [1.82, 2.24) is 14.1 Å². The number of halogens is 2. The number of aryl methyl sites for hydroxylation is 1. The monoisotopic (exact) mass is 473 g/mol. The Bertz CT molecular complexity index is 1520. The number of fused-ring (bicyclic) bond motifs is 1. The molecule has 0 fully saturated rings. The predicted octanol–water partition coefficient (Wildman–Crippen LogP) is 6.52. The first-order valence-electron chi connectivity index (χ1n) is 10.5. The summed E-state index contributed by atoms with van der Waals surface area (Å²) >= 11 is 12.5. The summed E-state index contributed by atoms with van der Waals surface area (Å²) in [6, 6.07) is 23.3. The van der Waals surface area contributed by atoms with E-state index in [1.54, 1.807) is 23.9 Å². The van der Waals surface area contributed by atoms with Crippen molar-refractivity contribution in [1.29, 1.82) is 0 Å². The number of benzene rings is 3. The molecule has 0 spiro atoms. The highest BCUT2D eigenvalue weighted by molar-refractivity contribution is 6.31. The number of hydrogen-bond acceptors (Lipinski definition) is 2. The molecule has 0 N–H and O–H groups in total. The molecule has 6 heteroatoms. The molecular weight excluding hydrogens is 453 g/mol. The second kappa shape index (κ2) is 8.22. The average Bonchev–Trinajstić information content (AvgIpc) is 3.37. The zero-order valence-corrected chi connectivity index (χ0v) is 19.7. The van der Waals surface area contributed by atoms with Crippen LogP contribution in [0.1, 0.15) is 18.1 Å². The Morgan fingerprint density at radius 2 is 1.64 bits per heavy atom. The fourth-order valence-corrected chi connectivity index (χ4v) is 4.74. The predicted molar refractivity (Wildman–Crippen MR) is 135 cm³/mol. The van der Waals surface area contributed by atoms with E-state index in [4.69, 9.17) is 23.2 Å². The second-order valence-electron chi connectivity index (χ2n) is 8.25. The van der Waals surface area contributed by atoms with Gasteiger partial charge in [0, 0.05) is 40.9 Å². The van der Waals surface area contributed by atoms with Gasteiger partial charge >= 0.3 is 0 Å². The highest BCUT2D eigenvalue weighted by atomic mass is 35.5. The Balaban J connectivity index is 1.82. The lowest BCUT2D eigenvalue weighted by molar-refractivity contribution is 0.475. The maximum Gasteiger partial charge on any atom is 0.251 e. The molecule has 5 rings (SSSR count). The Labute approximate surface area is 201 Å². The normalized spacial score (nSPS) is 13.2. The molecule has 2 aromatic heterocycles. The van der Waals surface area contributed by atoms with Crippen LogP contribution in [0.4, 0.5) is 0 Å². The summed E-state index contributed by atoms with van der Waals surface area (Å²) in [5, 5.41) is 2.28. The van der Waals surface area contributed by atoms with E-state index in [0.29, 0.717) is 10.0 Å². The van der Waals surface area contributed by atoms with E-state index in [1.807, 2.05) is 67.1 Å². The van der Waals surface area contributed by atoms with Crippen LogP contribution in [0.2, 0.25) is 10.0 Å². The fourth-order valence-electron chi connectivity index (χ4n) is 4.42. The van der Waals surface area contributed by atoms with Crippen molar-refractivity contribution in [2.75, 3.05) is 0 Å². The quantitative estimate of drug-likeness (QED) is 0.298. The number of nitrogens with zero attached hydrogens (tertiary/aromatic N) is 3. The number of pyridine rings is 1. The molecular formula is C27H21Cl2N3O. The molecule has 33 heavy (non-hydrogen) atoms. The van der Waals surface area contributed by atoms with Crippen molar-refractivity contribution in [3.63, 3.8) is 0 Å². The Kier molecular flexibility index (Phi) is 5.35. The van der Waals surface area contributed by atoms with Gasteiger partial charge in [-0.15, -0.1) is 0 Å². The molecule has 0 radical (unpaired) electrons. The first-order valence-corrected chi connectivity index (χ1v) is 11.3. The highest BCUT2D eigenvalue weighted by Gasteiger charge is 2.31. The first-order chi connectivity index (χ1) is 15.9. The van der Waals surface area contributed by atoms with Crippen LogP contribution in [0.25, 0.3) is 22.0 Å². The van der Waals surface area contributed by atoms with Gasteiger partial charge < -0.3 is 9.13 Å². The van der Waals surface area contributed by atoms with Gasteiger partial charge in [0.25, 0.3) is 5.56 Å². The Morgan fingerprint density at radius 1 is 0.879 bits per heavy atom. The molecule has 5 aromatic rings. The second-order valence-corrected chi connectivity index (χ2v) is 9.12. The minimum Gasteiger partial charge on any atom is -0.323 e. The topological polar surface area (TPSA) is 39.8 Å². The van der Waals surface area contributed by atoms with E-state index in [1.165, 1.54) is 0 Å². The maximum absolute atomic E-state index is 12.7. The van der Waals surface area contributed by atoms with E-state index in [2.05, 4.69) is 28.6 Å². The summed E-state index contributed by atoms with van der Waals surface area (Å²) in [4.78, 5) is 17.0. The van der Waals surface area contributed by atoms with Gasteiger partial charge in [-0.05, 0) is 65.6 Å². The molecule has 0 amide bonds. The molecule has 2 heterocycles. The number of hydrogen-bond donors (Lipinski definition) is 0. The lowest BCUT2D eigenvalue weighted by Gasteiger charge is -2.33. The lowest BCUT2D eigenvalue weighted by atomic mass is 9.83.